The van der Waals surface area contributed by atoms with Crippen LogP contribution in [0.25, 0.3) is 0 Å². The summed E-state index contributed by atoms with van der Waals surface area (Å²) in [5.41, 5.74) is 1.61. The molecule has 2 aromatic rings. The van der Waals surface area contributed by atoms with Gasteiger partial charge in [0.1, 0.15) is 5.56 Å². The molecule has 0 spiro atoms. The molecule has 1 heterocycles. The van der Waals surface area contributed by atoms with Crippen LogP contribution in [0.2, 0.25) is 0 Å². The molecular weight excluding hydrogens is 320 g/mol. The molecule has 8 heteroatoms. The number of esters is 1. The van der Waals surface area contributed by atoms with Crippen molar-refractivity contribution in [2.24, 2.45) is 0 Å². The molecule has 0 atom stereocenters. The van der Waals surface area contributed by atoms with Gasteiger partial charge in [-0.15, -0.1) is 0 Å². The SMILES string of the molecule is CCOC(=O)c1c(C)noc1NS(=O)(=O)c1cc(C)ccc1C. The van der Waals surface area contributed by atoms with E-state index in [0.29, 0.717) is 5.56 Å². The molecule has 0 aliphatic heterocycles. The van der Waals surface area contributed by atoms with Crippen LogP contribution >= 0.6 is 0 Å². The van der Waals surface area contributed by atoms with E-state index in [9.17, 15) is 13.2 Å². The molecule has 1 aromatic heterocycles. The number of hydrogen-bond acceptors (Lipinski definition) is 6. The van der Waals surface area contributed by atoms with Gasteiger partial charge < -0.3 is 9.26 Å². The normalized spacial score (nSPS) is 11.3. The molecule has 7 nitrogen and oxygen atoms in total. The Morgan fingerprint density at radius 2 is 2.00 bits per heavy atom. The first kappa shape index (κ1) is 17.0. The molecule has 0 amide bonds. The predicted molar refractivity (Wildman–Crippen MR) is 83.9 cm³/mol. The van der Waals surface area contributed by atoms with Crippen molar-refractivity contribution in [2.45, 2.75) is 32.6 Å². The lowest BCUT2D eigenvalue weighted by Gasteiger charge is -2.10. The van der Waals surface area contributed by atoms with E-state index in [1.54, 1.807) is 32.9 Å². The third-order valence-electron chi connectivity index (χ3n) is 3.20. The molecular formula is C15H18N2O5S. The quantitative estimate of drug-likeness (QED) is 0.841. The van der Waals surface area contributed by atoms with E-state index in [0.717, 1.165) is 5.56 Å². The van der Waals surface area contributed by atoms with Gasteiger partial charge >= 0.3 is 5.97 Å². The van der Waals surface area contributed by atoms with E-state index in [4.69, 9.17) is 9.26 Å². The van der Waals surface area contributed by atoms with Gasteiger partial charge in [-0.3, -0.25) is 0 Å². The maximum absolute atomic E-state index is 12.6. The van der Waals surface area contributed by atoms with Crippen molar-refractivity contribution in [2.75, 3.05) is 11.3 Å². The Labute approximate surface area is 134 Å². The number of nitrogens with one attached hydrogen (secondary N) is 1. The highest BCUT2D eigenvalue weighted by atomic mass is 32.2. The number of ether oxygens (including phenoxy) is 1. The van der Waals surface area contributed by atoms with Crippen LogP contribution in [-0.4, -0.2) is 26.2 Å². The summed E-state index contributed by atoms with van der Waals surface area (Å²) >= 11 is 0. The Bertz CT molecular complexity index is 840. The van der Waals surface area contributed by atoms with E-state index in [2.05, 4.69) is 9.88 Å². The molecule has 0 aliphatic carbocycles. The lowest BCUT2D eigenvalue weighted by molar-refractivity contribution is 0.0526. The Kier molecular flexibility index (Phi) is 4.74. The number of carbonyl (C=O) groups excluding carboxylic acids is 1. The maximum atomic E-state index is 12.6. The number of anilines is 1. The van der Waals surface area contributed by atoms with Crippen LogP contribution in [0.3, 0.4) is 0 Å². The molecule has 0 aliphatic rings. The molecule has 23 heavy (non-hydrogen) atoms. The predicted octanol–water partition coefficient (Wildman–Crippen LogP) is 2.58. The van der Waals surface area contributed by atoms with Gasteiger partial charge in [0, 0.05) is 0 Å². The second kappa shape index (κ2) is 6.41. The zero-order chi connectivity index (χ0) is 17.2. The molecule has 0 saturated heterocycles. The smallest absolute Gasteiger partial charge is 0.345 e. The van der Waals surface area contributed by atoms with Crippen LogP contribution < -0.4 is 4.72 Å². The molecule has 0 radical (unpaired) electrons. The minimum atomic E-state index is -3.92. The van der Waals surface area contributed by atoms with Crippen molar-refractivity contribution in [3.8, 4) is 0 Å². The fourth-order valence-electron chi connectivity index (χ4n) is 2.06. The molecule has 0 fully saturated rings. The van der Waals surface area contributed by atoms with E-state index in [1.165, 1.54) is 6.92 Å². The molecule has 0 bridgehead atoms. The number of nitrogens with zero attached hydrogens (tertiary/aromatic N) is 1. The summed E-state index contributed by atoms with van der Waals surface area (Å²) < 4.78 is 37.3. The first-order valence-corrected chi connectivity index (χ1v) is 8.48. The third-order valence-corrected chi connectivity index (χ3v) is 4.68. The minimum absolute atomic E-state index is 0.0271. The lowest BCUT2D eigenvalue weighted by atomic mass is 10.2. The van der Waals surface area contributed by atoms with Crippen LogP contribution in [-0.2, 0) is 14.8 Å². The van der Waals surface area contributed by atoms with Gasteiger partial charge in [0.15, 0.2) is 0 Å². The van der Waals surface area contributed by atoms with Gasteiger partial charge in [-0.1, -0.05) is 17.3 Å². The minimum Gasteiger partial charge on any atom is -0.462 e. The van der Waals surface area contributed by atoms with Crippen molar-refractivity contribution in [1.29, 1.82) is 0 Å². The van der Waals surface area contributed by atoms with Gasteiger partial charge in [0.05, 0.1) is 17.2 Å². The van der Waals surface area contributed by atoms with Crippen LogP contribution in [0, 0.1) is 20.8 Å². The average molecular weight is 338 g/mol. The fraction of sp³-hybridized carbons (Fsp3) is 0.333. The third kappa shape index (κ3) is 3.53. The maximum Gasteiger partial charge on any atom is 0.345 e. The average Bonchev–Trinajstić information content (AvgIpc) is 2.82. The van der Waals surface area contributed by atoms with E-state index < -0.39 is 16.0 Å². The van der Waals surface area contributed by atoms with Crippen LogP contribution in [0.4, 0.5) is 5.88 Å². The highest BCUT2D eigenvalue weighted by molar-refractivity contribution is 7.92. The number of rotatable bonds is 5. The van der Waals surface area contributed by atoms with E-state index in [-0.39, 0.29) is 28.6 Å². The van der Waals surface area contributed by atoms with E-state index in [1.807, 2.05) is 6.07 Å². The number of aryl methyl sites for hydroxylation is 3. The summed E-state index contributed by atoms with van der Waals surface area (Å²) in [6.07, 6.45) is 0. The van der Waals surface area contributed by atoms with Gasteiger partial charge in [-0.05, 0) is 44.9 Å². The first-order chi connectivity index (χ1) is 10.8. The van der Waals surface area contributed by atoms with Gasteiger partial charge in [0.25, 0.3) is 15.9 Å². The second-order valence-corrected chi connectivity index (χ2v) is 6.72. The second-order valence-electron chi connectivity index (χ2n) is 5.07. The topological polar surface area (TPSA) is 98.5 Å². The summed E-state index contributed by atoms with van der Waals surface area (Å²) in [7, 11) is -3.92. The van der Waals surface area contributed by atoms with E-state index >= 15 is 0 Å². The van der Waals surface area contributed by atoms with Gasteiger partial charge in [-0.25, -0.2) is 17.9 Å². The van der Waals surface area contributed by atoms with Crippen LogP contribution in [0.15, 0.2) is 27.6 Å². The highest BCUT2D eigenvalue weighted by Gasteiger charge is 2.27. The zero-order valence-corrected chi connectivity index (χ0v) is 14.2. The monoisotopic (exact) mass is 338 g/mol. The van der Waals surface area contributed by atoms with Gasteiger partial charge in [0.2, 0.25) is 0 Å². The Morgan fingerprint density at radius 3 is 2.65 bits per heavy atom. The number of hydrogen-bond donors (Lipinski definition) is 1. The highest BCUT2D eigenvalue weighted by Crippen LogP contribution is 2.25. The van der Waals surface area contributed by atoms with Crippen molar-refractivity contribution in [3.05, 3.63) is 40.6 Å². The summed E-state index contributed by atoms with van der Waals surface area (Å²) in [5, 5.41) is 3.63. The zero-order valence-electron chi connectivity index (χ0n) is 13.3. The Morgan fingerprint density at radius 1 is 1.30 bits per heavy atom. The largest absolute Gasteiger partial charge is 0.462 e. The first-order valence-electron chi connectivity index (χ1n) is 6.99. The van der Waals surface area contributed by atoms with Crippen molar-refractivity contribution in [1.82, 2.24) is 5.16 Å². The summed E-state index contributed by atoms with van der Waals surface area (Å²) in [4.78, 5) is 12.0. The number of carbonyl (C=O) groups is 1. The molecule has 1 aromatic carbocycles. The van der Waals surface area contributed by atoms with Crippen LogP contribution in [0.1, 0.15) is 34.1 Å². The Hall–Kier alpha value is -2.35. The molecule has 0 saturated carbocycles. The van der Waals surface area contributed by atoms with Crippen LogP contribution in [0.5, 0.6) is 0 Å². The molecule has 0 unspecified atom stereocenters. The number of benzene rings is 1. The number of sulfonamides is 1. The summed E-state index contributed by atoms with van der Waals surface area (Å²) in [5.74, 6) is -0.938. The van der Waals surface area contributed by atoms with Gasteiger partial charge in [-0.2, -0.15) is 0 Å². The number of aromatic nitrogens is 1. The summed E-state index contributed by atoms with van der Waals surface area (Å²) in [6.45, 7) is 6.83. The summed E-state index contributed by atoms with van der Waals surface area (Å²) in [6, 6.07) is 5.07. The van der Waals surface area contributed by atoms with Crippen molar-refractivity contribution >= 4 is 21.9 Å². The van der Waals surface area contributed by atoms with Crippen molar-refractivity contribution < 1.29 is 22.5 Å². The lowest BCUT2D eigenvalue weighted by Crippen LogP contribution is -2.17. The fourth-order valence-corrected chi connectivity index (χ4v) is 3.38. The molecule has 124 valence electrons. The standard InChI is InChI=1S/C15H18N2O5S/c1-5-21-15(18)13-11(4)16-22-14(13)17-23(19,20)12-8-9(2)6-7-10(12)3/h6-8,17H,5H2,1-4H3. The van der Waals surface area contributed by atoms with Crippen molar-refractivity contribution in [3.63, 3.8) is 0 Å². The molecule has 2 rings (SSSR count). The molecule has 1 N–H and O–H groups in total. The Balaban J connectivity index is 2.42.